The van der Waals surface area contributed by atoms with Gasteiger partial charge in [0.1, 0.15) is 0 Å². The van der Waals surface area contributed by atoms with Gasteiger partial charge in [-0.05, 0) is 47.1 Å². The molecular weight excluding hydrogens is 213 g/mol. The molecule has 0 aromatic carbocycles. The summed E-state index contributed by atoms with van der Waals surface area (Å²) in [4.78, 5) is 4.74. The zero-order valence-corrected chi connectivity index (χ0v) is 10.7. The molecule has 0 atom stereocenters. The van der Waals surface area contributed by atoms with Crippen LogP contribution in [0.3, 0.4) is 0 Å². The van der Waals surface area contributed by atoms with Crippen LogP contribution in [0.2, 0.25) is 0 Å². The van der Waals surface area contributed by atoms with E-state index in [9.17, 15) is 0 Å². The smallest absolute Gasteiger partial charge is 0.0113 e. The molecule has 1 fully saturated rings. The third kappa shape index (κ3) is 3.98. The van der Waals surface area contributed by atoms with Crippen LogP contribution in [-0.2, 0) is 32.7 Å². The molecule has 3 heteroatoms. The molecule has 0 aromatic rings. The van der Waals surface area contributed by atoms with Crippen molar-refractivity contribution in [2.75, 3.05) is 34.2 Å². The summed E-state index contributed by atoms with van der Waals surface area (Å²) >= 11 is 0. The van der Waals surface area contributed by atoms with E-state index in [1.807, 2.05) is 0 Å². The van der Waals surface area contributed by atoms with Crippen molar-refractivity contribution >= 4 is 0 Å². The Bertz CT molecular complexity index is 98.3. The van der Waals surface area contributed by atoms with Crippen LogP contribution in [0.1, 0.15) is 12.8 Å². The molecule has 1 heterocycles. The van der Waals surface area contributed by atoms with E-state index in [0.29, 0.717) is 0 Å². The van der Waals surface area contributed by atoms with Crippen molar-refractivity contribution in [2.45, 2.75) is 18.9 Å². The molecule has 1 rings (SSSR count). The molecule has 0 bridgehead atoms. The first kappa shape index (κ1) is 12.0. The second-order valence-electron chi connectivity index (χ2n) is 3.50. The Balaban J connectivity index is 0.000001000. The number of hydrogen-bond acceptors (Lipinski definition) is 2. The topological polar surface area (TPSA) is 6.48 Å². The Morgan fingerprint density at radius 3 is 2.00 bits per heavy atom. The van der Waals surface area contributed by atoms with Crippen molar-refractivity contribution in [3.05, 3.63) is 0 Å². The Morgan fingerprint density at radius 2 is 1.64 bits per heavy atom. The molecule has 1 aliphatic heterocycles. The third-order valence-corrected chi connectivity index (χ3v) is 2.42. The minimum absolute atomic E-state index is 0. The zero-order chi connectivity index (χ0) is 7.56. The summed E-state index contributed by atoms with van der Waals surface area (Å²) in [5.74, 6) is 0. The molecule has 11 heavy (non-hydrogen) atoms. The molecular formula is C8H18N2Y. The van der Waals surface area contributed by atoms with Gasteiger partial charge < -0.3 is 9.80 Å². The second kappa shape index (κ2) is 5.63. The van der Waals surface area contributed by atoms with Gasteiger partial charge in [-0.25, -0.2) is 0 Å². The van der Waals surface area contributed by atoms with Gasteiger partial charge in [-0.3, -0.25) is 0 Å². The van der Waals surface area contributed by atoms with Crippen LogP contribution in [0, 0.1) is 0 Å². The van der Waals surface area contributed by atoms with E-state index in [2.05, 4.69) is 30.9 Å². The first-order valence-electron chi connectivity index (χ1n) is 4.05. The number of nitrogens with zero attached hydrogens (tertiary/aromatic N) is 2. The molecule has 0 unspecified atom stereocenters. The zero-order valence-electron chi connectivity index (χ0n) is 7.88. The Morgan fingerprint density at radius 1 is 1.18 bits per heavy atom. The molecule has 1 aliphatic rings. The van der Waals surface area contributed by atoms with Gasteiger partial charge in [-0.1, -0.05) is 0 Å². The fourth-order valence-corrected chi connectivity index (χ4v) is 1.51. The maximum atomic E-state index is 2.40. The van der Waals surface area contributed by atoms with Gasteiger partial charge in [0.05, 0.1) is 0 Å². The maximum absolute atomic E-state index is 2.40. The van der Waals surface area contributed by atoms with Crippen molar-refractivity contribution in [3.63, 3.8) is 0 Å². The van der Waals surface area contributed by atoms with Crippen LogP contribution in [0.4, 0.5) is 0 Å². The van der Waals surface area contributed by atoms with Crippen molar-refractivity contribution in [1.82, 2.24) is 9.80 Å². The van der Waals surface area contributed by atoms with E-state index >= 15 is 0 Å². The van der Waals surface area contributed by atoms with E-state index in [-0.39, 0.29) is 32.7 Å². The minimum atomic E-state index is 0. The van der Waals surface area contributed by atoms with Crippen LogP contribution in [0.15, 0.2) is 0 Å². The molecule has 2 nitrogen and oxygen atoms in total. The average Bonchev–Trinajstić information content (AvgIpc) is 1.88. The Labute approximate surface area is 95.2 Å². The summed E-state index contributed by atoms with van der Waals surface area (Å²) in [6, 6.07) is 0.830. The molecule has 63 valence electrons. The first-order valence-corrected chi connectivity index (χ1v) is 4.05. The van der Waals surface area contributed by atoms with Gasteiger partial charge in [0.2, 0.25) is 0 Å². The monoisotopic (exact) mass is 231 g/mol. The molecule has 1 saturated heterocycles. The molecule has 0 N–H and O–H groups in total. The van der Waals surface area contributed by atoms with E-state index in [1.54, 1.807) is 0 Å². The number of likely N-dealkylation sites (tertiary alicyclic amines) is 1. The number of rotatable bonds is 1. The largest absolute Gasteiger partial charge is 0.306 e. The molecule has 0 spiro atoms. The molecule has 0 aromatic heterocycles. The van der Waals surface area contributed by atoms with E-state index < -0.39 is 0 Å². The predicted molar refractivity (Wildman–Crippen MR) is 44.2 cm³/mol. The summed E-state index contributed by atoms with van der Waals surface area (Å²) in [6.45, 7) is 2.53. The summed E-state index contributed by atoms with van der Waals surface area (Å²) in [5, 5.41) is 0. The number of piperidine rings is 1. The Hall–Kier alpha value is 1.02. The van der Waals surface area contributed by atoms with Gasteiger partial charge in [-0.2, -0.15) is 0 Å². The van der Waals surface area contributed by atoms with Crippen molar-refractivity contribution in [1.29, 1.82) is 0 Å². The summed E-state index contributed by atoms with van der Waals surface area (Å²) < 4.78 is 0. The standard InChI is InChI=1S/C8H18N2.Y/c1-9(2)8-4-6-10(3)7-5-8;/h8H,4-7H2,1-3H3;. The fraction of sp³-hybridized carbons (Fsp3) is 1.00. The van der Waals surface area contributed by atoms with E-state index in [4.69, 9.17) is 0 Å². The van der Waals surface area contributed by atoms with Crippen LogP contribution in [-0.4, -0.2) is 50.1 Å². The summed E-state index contributed by atoms with van der Waals surface area (Å²) in [5.41, 5.74) is 0. The summed E-state index contributed by atoms with van der Waals surface area (Å²) in [6.07, 6.45) is 2.67. The van der Waals surface area contributed by atoms with Gasteiger partial charge in [0.15, 0.2) is 0 Å². The van der Waals surface area contributed by atoms with E-state index in [0.717, 1.165) is 6.04 Å². The van der Waals surface area contributed by atoms with Gasteiger partial charge in [0, 0.05) is 38.8 Å². The molecule has 0 aliphatic carbocycles. The van der Waals surface area contributed by atoms with Gasteiger partial charge in [-0.15, -0.1) is 0 Å². The minimum Gasteiger partial charge on any atom is -0.306 e. The normalized spacial score (nSPS) is 21.8. The molecule has 0 amide bonds. The Kier molecular flexibility index (Phi) is 6.16. The molecule has 0 saturated carbocycles. The molecule has 1 radical (unpaired) electrons. The van der Waals surface area contributed by atoms with Crippen molar-refractivity contribution < 1.29 is 32.7 Å². The van der Waals surface area contributed by atoms with Crippen LogP contribution >= 0.6 is 0 Å². The number of hydrogen-bond donors (Lipinski definition) is 0. The van der Waals surface area contributed by atoms with E-state index in [1.165, 1.54) is 25.9 Å². The van der Waals surface area contributed by atoms with Crippen LogP contribution in [0.5, 0.6) is 0 Å². The third-order valence-electron chi connectivity index (χ3n) is 2.42. The quantitative estimate of drug-likeness (QED) is 0.653. The first-order chi connectivity index (χ1) is 4.70. The fourth-order valence-electron chi connectivity index (χ4n) is 1.51. The summed E-state index contributed by atoms with van der Waals surface area (Å²) in [7, 11) is 6.55. The predicted octanol–water partition coefficient (Wildman–Crippen LogP) is 0.640. The van der Waals surface area contributed by atoms with Crippen LogP contribution in [0.25, 0.3) is 0 Å². The van der Waals surface area contributed by atoms with Gasteiger partial charge >= 0.3 is 0 Å². The van der Waals surface area contributed by atoms with Crippen molar-refractivity contribution in [2.24, 2.45) is 0 Å². The second-order valence-corrected chi connectivity index (χ2v) is 3.50. The van der Waals surface area contributed by atoms with Crippen LogP contribution < -0.4 is 0 Å². The SMILES string of the molecule is CN1CCC(N(C)C)CC1.[Y]. The average molecular weight is 231 g/mol. The van der Waals surface area contributed by atoms with Crippen molar-refractivity contribution in [3.8, 4) is 0 Å². The van der Waals surface area contributed by atoms with Gasteiger partial charge in [0.25, 0.3) is 0 Å². The maximum Gasteiger partial charge on any atom is 0.0113 e.